The van der Waals surface area contributed by atoms with Gasteiger partial charge in [-0.25, -0.2) is 12.8 Å². The van der Waals surface area contributed by atoms with Gasteiger partial charge in [-0.15, -0.1) is 0 Å². The zero-order chi connectivity index (χ0) is 18.7. The Labute approximate surface area is 157 Å². The lowest BCUT2D eigenvalue weighted by molar-refractivity contribution is 0.589. The highest BCUT2D eigenvalue weighted by Crippen LogP contribution is 2.30. The predicted molar refractivity (Wildman–Crippen MR) is 102 cm³/mol. The van der Waals surface area contributed by atoms with Gasteiger partial charge in [-0.05, 0) is 54.4 Å². The van der Waals surface area contributed by atoms with E-state index >= 15 is 0 Å². The fourth-order valence-electron chi connectivity index (χ4n) is 2.65. The molecule has 0 heterocycles. The topological polar surface area (TPSA) is 37.4 Å². The van der Waals surface area contributed by atoms with Crippen LogP contribution in [0.15, 0.2) is 77.7 Å². The maximum atomic E-state index is 13.4. The van der Waals surface area contributed by atoms with Crippen LogP contribution >= 0.6 is 11.6 Å². The number of nitrogens with zero attached hydrogens (tertiary/aromatic N) is 1. The van der Waals surface area contributed by atoms with E-state index in [0.29, 0.717) is 21.8 Å². The van der Waals surface area contributed by atoms with Crippen LogP contribution in [0, 0.1) is 12.7 Å². The minimum absolute atomic E-state index is 0.0819. The van der Waals surface area contributed by atoms with Crippen LogP contribution in [-0.4, -0.2) is 8.42 Å². The molecule has 0 aliphatic rings. The van der Waals surface area contributed by atoms with Crippen LogP contribution in [0.4, 0.5) is 10.1 Å². The Bertz CT molecular complexity index is 1010. The molecule has 0 aliphatic heterocycles. The molecule has 0 saturated carbocycles. The first-order valence-electron chi connectivity index (χ1n) is 7.97. The molecule has 0 radical (unpaired) electrons. The summed E-state index contributed by atoms with van der Waals surface area (Å²) in [6, 6.07) is 19.4. The van der Waals surface area contributed by atoms with Gasteiger partial charge in [0.2, 0.25) is 0 Å². The summed E-state index contributed by atoms with van der Waals surface area (Å²) < 4.78 is 41.2. The molecule has 0 fully saturated rings. The van der Waals surface area contributed by atoms with Gasteiger partial charge in [0.15, 0.2) is 0 Å². The van der Waals surface area contributed by atoms with E-state index in [1.54, 1.807) is 55.5 Å². The standard InChI is InChI=1S/C20H17ClFNO2S/c1-15-19(21)8-5-9-20(15)26(24,25)23(18-6-3-2-4-7-18)14-16-10-12-17(22)13-11-16/h2-13H,14H2,1H3. The molecule has 3 nitrogen and oxygen atoms in total. The number of anilines is 1. The van der Waals surface area contributed by atoms with Crippen LogP contribution < -0.4 is 4.31 Å². The lowest BCUT2D eigenvalue weighted by atomic mass is 10.2. The van der Waals surface area contributed by atoms with E-state index in [1.165, 1.54) is 22.5 Å². The molecule has 0 amide bonds. The average Bonchev–Trinajstić information content (AvgIpc) is 2.64. The number of halogens is 2. The molecular weight excluding hydrogens is 373 g/mol. The number of rotatable bonds is 5. The molecule has 0 unspecified atom stereocenters. The van der Waals surface area contributed by atoms with Crippen molar-refractivity contribution >= 4 is 27.3 Å². The Kier molecular flexibility index (Phi) is 5.30. The van der Waals surface area contributed by atoms with Crippen molar-refractivity contribution in [1.82, 2.24) is 0 Å². The summed E-state index contributed by atoms with van der Waals surface area (Å²) in [4.78, 5) is 0.149. The minimum Gasteiger partial charge on any atom is -0.262 e. The molecule has 0 aromatic heterocycles. The Morgan fingerprint density at radius 2 is 1.58 bits per heavy atom. The maximum Gasteiger partial charge on any atom is 0.264 e. The van der Waals surface area contributed by atoms with Crippen LogP contribution in [0.5, 0.6) is 0 Å². The van der Waals surface area contributed by atoms with Crippen LogP contribution in [0.2, 0.25) is 5.02 Å². The van der Waals surface area contributed by atoms with Crippen molar-refractivity contribution in [3.8, 4) is 0 Å². The summed E-state index contributed by atoms with van der Waals surface area (Å²) in [5.41, 5.74) is 1.70. The second-order valence-corrected chi connectivity index (χ2v) is 8.07. The first kappa shape index (κ1) is 18.4. The molecule has 0 bridgehead atoms. The van der Waals surface area contributed by atoms with Gasteiger partial charge < -0.3 is 0 Å². The summed E-state index contributed by atoms with van der Waals surface area (Å²) in [6.07, 6.45) is 0. The van der Waals surface area contributed by atoms with Crippen LogP contribution in [-0.2, 0) is 16.6 Å². The molecule has 3 aromatic carbocycles. The van der Waals surface area contributed by atoms with E-state index in [2.05, 4.69) is 0 Å². The highest BCUT2D eigenvalue weighted by molar-refractivity contribution is 7.92. The first-order chi connectivity index (χ1) is 12.4. The zero-order valence-corrected chi connectivity index (χ0v) is 15.6. The molecule has 134 valence electrons. The molecular formula is C20H17ClFNO2S. The highest BCUT2D eigenvalue weighted by atomic mass is 35.5. The van der Waals surface area contributed by atoms with Gasteiger partial charge in [0.25, 0.3) is 10.0 Å². The molecule has 0 atom stereocenters. The number of hydrogen-bond donors (Lipinski definition) is 0. The van der Waals surface area contributed by atoms with Crippen LogP contribution in [0.25, 0.3) is 0 Å². The number of sulfonamides is 1. The highest BCUT2D eigenvalue weighted by Gasteiger charge is 2.27. The van der Waals surface area contributed by atoms with Gasteiger partial charge in [0.05, 0.1) is 17.1 Å². The van der Waals surface area contributed by atoms with Crippen molar-refractivity contribution in [3.63, 3.8) is 0 Å². The van der Waals surface area contributed by atoms with Crippen molar-refractivity contribution in [3.05, 3.63) is 94.8 Å². The second-order valence-electron chi connectivity index (χ2n) is 5.84. The first-order valence-corrected chi connectivity index (χ1v) is 9.79. The second kappa shape index (κ2) is 7.48. The monoisotopic (exact) mass is 389 g/mol. The Morgan fingerprint density at radius 1 is 0.923 bits per heavy atom. The molecule has 0 aliphatic carbocycles. The smallest absolute Gasteiger partial charge is 0.262 e. The van der Waals surface area contributed by atoms with E-state index in [9.17, 15) is 12.8 Å². The fraction of sp³-hybridized carbons (Fsp3) is 0.100. The quantitative estimate of drug-likeness (QED) is 0.602. The Hall–Kier alpha value is -2.37. The summed E-state index contributed by atoms with van der Waals surface area (Å²) in [5.74, 6) is -0.367. The van der Waals surface area contributed by atoms with Crippen molar-refractivity contribution in [1.29, 1.82) is 0 Å². The average molecular weight is 390 g/mol. The number of para-hydroxylation sites is 1. The maximum absolute atomic E-state index is 13.4. The van der Waals surface area contributed by atoms with E-state index in [-0.39, 0.29) is 17.3 Å². The summed E-state index contributed by atoms with van der Waals surface area (Å²) in [7, 11) is -3.86. The lowest BCUT2D eigenvalue weighted by Gasteiger charge is -2.25. The van der Waals surface area contributed by atoms with E-state index in [1.807, 2.05) is 6.07 Å². The Morgan fingerprint density at radius 3 is 2.23 bits per heavy atom. The minimum atomic E-state index is -3.86. The third-order valence-corrected chi connectivity index (χ3v) is 6.40. The summed E-state index contributed by atoms with van der Waals surface area (Å²) in [5, 5.41) is 0.390. The van der Waals surface area contributed by atoms with Gasteiger partial charge in [-0.1, -0.05) is 48.0 Å². The molecule has 0 saturated heterocycles. The number of benzene rings is 3. The zero-order valence-electron chi connectivity index (χ0n) is 14.1. The van der Waals surface area contributed by atoms with Gasteiger partial charge in [-0.2, -0.15) is 0 Å². The van der Waals surface area contributed by atoms with Gasteiger partial charge in [0, 0.05) is 5.02 Å². The molecule has 3 aromatic rings. The fourth-order valence-corrected chi connectivity index (χ4v) is 4.58. The SMILES string of the molecule is Cc1c(Cl)cccc1S(=O)(=O)N(Cc1ccc(F)cc1)c1ccccc1. The van der Waals surface area contributed by atoms with E-state index in [4.69, 9.17) is 11.6 Å². The molecule has 26 heavy (non-hydrogen) atoms. The van der Waals surface area contributed by atoms with Crippen LogP contribution in [0.1, 0.15) is 11.1 Å². The molecule has 0 spiro atoms. The van der Waals surface area contributed by atoms with Gasteiger partial charge >= 0.3 is 0 Å². The molecule has 0 N–H and O–H groups in total. The molecule has 3 rings (SSSR count). The predicted octanol–water partition coefficient (Wildman–Crippen LogP) is 5.18. The van der Waals surface area contributed by atoms with E-state index < -0.39 is 10.0 Å². The van der Waals surface area contributed by atoms with Crippen molar-refractivity contribution < 1.29 is 12.8 Å². The Balaban J connectivity index is 2.10. The van der Waals surface area contributed by atoms with E-state index in [0.717, 1.165) is 0 Å². The largest absolute Gasteiger partial charge is 0.264 e. The molecule has 6 heteroatoms. The van der Waals surface area contributed by atoms with Crippen molar-refractivity contribution in [2.75, 3.05) is 4.31 Å². The third kappa shape index (κ3) is 3.74. The lowest BCUT2D eigenvalue weighted by Crippen LogP contribution is -2.31. The van der Waals surface area contributed by atoms with Gasteiger partial charge in [0.1, 0.15) is 5.82 Å². The number of hydrogen-bond acceptors (Lipinski definition) is 2. The summed E-state index contributed by atoms with van der Waals surface area (Å²) in [6.45, 7) is 1.76. The summed E-state index contributed by atoms with van der Waals surface area (Å²) >= 11 is 6.12. The third-order valence-electron chi connectivity index (χ3n) is 4.07. The van der Waals surface area contributed by atoms with Crippen molar-refractivity contribution in [2.24, 2.45) is 0 Å². The van der Waals surface area contributed by atoms with Gasteiger partial charge in [-0.3, -0.25) is 4.31 Å². The van der Waals surface area contributed by atoms with Crippen LogP contribution in [0.3, 0.4) is 0 Å². The normalized spacial score (nSPS) is 11.3. The van der Waals surface area contributed by atoms with Crippen molar-refractivity contribution in [2.45, 2.75) is 18.4 Å².